The first kappa shape index (κ1) is 25.0. The lowest BCUT2D eigenvalue weighted by molar-refractivity contribution is -0.130. The van der Waals surface area contributed by atoms with Crippen LogP contribution in [0.2, 0.25) is 0 Å². The van der Waals surface area contributed by atoms with Gasteiger partial charge in [-0.1, -0.05) is 12.1 Å². The summed E-state index contributed by atoms with van der Waals surface area (Å²) in [5.41, 5.74) is 3.67. The van der Waals surface area contributed by atoms with Crippen LogP contribution < -0.4 is 9.47 Å². The van der Waals surface area contributed by atoms with E-state index < -0.39 is 0 Å². The monoisotopic (exact) mass is 480 g/mol. The van der Waals surface area contributed by atoms with Crippen LogP contribution in [0.4, 0.5) is 0 Å². The molecule has 188 valence electrons. The highest BCUT2D eigenvalue weighted by Gasteiger charge is 2.30. The van der Waals surface area contributed by atoms with Crippen LogP contribution >= 0.6 is 0 Å². The number of para-hydroxylation sites is 1. The molecular formula is C27H36N4O4. The van der Waals surface area contributed by atoms with E-state index in [-0.39, 0.29) is 17.7 Å². The molecule has 2 aliphatic heterocycles. The predicted octanol–water partition coefficient (Wildman–Crippen LogP) is 3.09. The molecule has 0 radical (unpaired) electrons. The molecule has 2 saturated heterocycles. The number of carbonyl (C=O) groups excluding carboxylic acids is 2. The highest BCUT2D eigenvalue weighted by Crippen LogP contribution is 2.34. The average molecular weight is 481 g/mol. The fourth-order valence-electron chi connectivity index (χ4n) is 5.15. The van der Waals surface area contributed by atoms with Gasteiger partial charge in [-0.25, -0.2) is 0 Å². The van der Waals surface area contributed by atoms with Gasteiger partial charge >= 0.3 is 0 Å². The Morgan fingerprint density at radius 1 is 0.943 bits per heavy atom. The summed E-state index contributed by atoms with van der Waals surface area (Å²) in [7, 11) is 3.33. The molecule has 3 heterocycles. The number of nitrogens with zero attached hydrogens (tertiary/aromatic N) is 4. The number of hydrogen-bond donors (Lipinski definition) is 0. The van der Waals surface area contributed by atoms with Crippen molar-refractivity contribution in [2.24, 2.45) is 0 Å². The average Bonchev–Trinajstić information content (AvgIpc) is 2.88. The van der Waals surface area contributed by atoms with Crippen LogP contribution in [0.5, 0.6) is 11.5 Å². The maximum absolute atomic E-state index is 13.4. The standard InChI is InChI=1S/C27H36N4O4/c1-19-8-9-23(27(33)31-16-14-30(15-17-31)20(2)32)25(28-19)21-10-12-29(13-11-21)18-22-6-5-7-24(34-3)26(22)35-4/h5-9,21H,10-18H2,1-4H3. The van der Waals surface area contributed by atoms with Crippen molar-refractivity contribution in [2.75, 3.05) is 53.5 Å². The highest BCUT2D eigenvalue weighted by atomic mass is 16.5. The molecule has 0 spiro atoms. The summed E-state index contributed by atoms with van der Waals surface area (Å²) in [6, 6.07) is 9.85. The Hall–Kier alpha value is -3.13. The van der Waals surface area contributed by atoms with Crippen LogP contribution in [0.15, 0.2) is 30.3 Å². The normalized spacial score (nSPS) is 17.4. The molecule has 2 amide bonds. The summed E-state index contributed by atoms with van der Waals surface area (Å²) >= 11 is 0. The van der Waals surface area contributed by atoms with Crippen molar-refractivity contribution < 1.29 is 19.1 Å². The number of carbonyl (C=O) groups is 2. The molecule has 2 aromatic rings. The number of likely N-dealkylation sites (tertiary alicyclic amines) is 1. The quantitative estimate of drug-likeness (QED) is 0.633. The first-order valence-electron chi connectivity index (χ1n) is 12.4. The zero-order chi connectivity index (χ0) is 24.9. The van der Waals surface area contributed by atoms with E-state index in [0.29, 0.717) is 31.7 Å². The van der Waals surface area contributed by atoms with Gasteiger partial charge in [0.15, 0.2) is 11.5 Å². The molecule has 0 atom stereocenters. The number of aromatic nitrogens is 1. The first-order chi connectivity index (χ1) is 16.9. The molecule has 0 N–H and O–H groups in total. The van der Waals surface area contributed by atoms with E-state index in [1.54, 1.807) is 26.0 Å². The van der Waals surface area contributed by atoms with Crippen LogP contribution in [0.25, 0.3) is 0 Å². The Bertz CT molecular complexity index is 1060. The van der Waals surface area contributed by atoms with Crippen LogP contribution in [-0.4, -0.2) is 85.0 Å². The second kappa shape index (κ2) is 11.1. The van der Waals surface area contributed by atoms with E-state index in [1.165, 1.54) is 0 Å². The van der Waals surface area contributed by atoms with Gasteiger partial charge in [0.25, 0.3) is 5.91 Å². The zero-order valence-electron chi connectivity index (χ0n) is 21.2. The molecule has 4 rings (SSSR count). The largest absolute Gasteiger partial charge is 0.493 e. The number of rotatable bonds is 6. The smallest absolute Gasteiger partial charge is 0.255 e. The molecule has 1 aromatic carbocycles. The van der Waals surface area contributed by atoms with Gasteiger partial charge in [0, 0.05) is 56.8 Å². The Morgan fingerprint density at radius 2 is 1.63 bits per heavy atom. The van der Waals surface area contributed by atoms with E-state index in [4.69, 9.17) is 14.5 Å². The fraction of sp³-hybridized carbons (Fsp3) is 0.519. The molecule has 8 heteroatoms. The van der Waals surface area contributed by atoms with Gasteiger partial charge in [-0.05, 0) is 51.1 Å². The van der Waals surface area contributed by atoms with Gasteiger partial charge in [0.05, 0.1) is 25.5 Å². The minimum absolute atomic E-state index is 0.0271. The molecule has 1 aromatic heterocycles. The molecular weight excluding hydrogens is 444 g/mol. The second-order valence-corrected chi connectivity index (χ2v) is 9.39. The Labute approximate surface area is 207 Å². The van der Waals surface area contributed by atoms with Gasteiger partial charge in [-0.2, -0.15) is 0 Å². The maximum Gasteiger partial charge on any atom is 0.255 e. The van der Waals surface area contributed by atoms with Crippen LogP contribution in [-0.2, 0) is 11.3 Å². The number of benzene rings is 1. The molecule has 0 aliphatic carbocycles. The van der Waals surface area contributed by atoms with Gasteiger partial charge in [-0.15, -0.1) is 0 Å². The van der Waals surface area contributed by atoms with Crippen LogP contribution in [0.1, 0.15) is 53.0 Å². The van der Waals surface area contributed by atoms with E-state index in [2.05, 4.69) is 11.0 Å². The number of methoxy groups -OCH3 is 2. The Kier molecular flexibility index (Phi) is 7.90. The Morgan fingerprint density at radius 3 is 2.26 bits per heavy atom. The van der Waals surface area contributed by atoms with Crippen molar-refractivity contribution in [3.05, 3.63) is 52.8 Å². The summed E-state index contributed by atoms with van der Waals surface area (Å²) in [4.78, 5) is 36.0. The summed E-state index contributed by atoms with van der Waals surface area (Å²) in [5.74, 6) is 1.87. The fourth-order valence-corrected chi connectivity index (χ4v) is 5.15. The van der Waals surface area contributed by atoms with Crippen molar-refractivity contribution in [3.8, 4) is 11.5 Å². The number of hydrogen-bond acceptors (Lipinski definition) is 6. The van der Waals surface area contributed by atoms with E-state index >= 15 is 0 Å². The highest BCUT2D eigenvalue weighted by molar-refractivity contribution is 5.95. The van der Waals surface area contributed by atoms with Crippen molar-refractivity contribution in [1.29, 1.82) is 0 Å². The summed E-state index contributed by atoms with van der Waals surface area (Å²) in [6.07, 6.45) is 1.89. The van der Waals surface area contributed by atoms with Gasteiger partial charge < -0.3 is 19.3 Å². The van der Waals surface area contributed by atoms with E-state index in [1.807, 2.05) is 36.1 Å². The molecule has 35 heavy (non-hydrogen) atoms. The number of ether oxygens (including phenoxy) is 2. The SMILES string of the molecule is COc1cccc(CN2CCC(c3nc(C)ccc3C(=O)N3CCN(C(C)=O)CC3)CC2)c1OC. The summed E-state index contributed by atoms with van der Waals surface area (Å²) in [5, 5.41) is 0. The predicted molar refractivity (Wildman–Crippen MR) is 134 cm³/mol. The van der Waals surface area contributed by atoms with Crippen molar-refractivity contribution in [1.82, 2.24) is 19.7 Å². The number of piperazine rings is 1. The number of pyridine rings is 1. The summed E-state index contributed by atoms with van der Waals surface area (Å²) in [6.45, 7) is 8.49. The number of piperidine rings is 1. The topological polar surface area (TPSA) is 75.2 Å². The molecule has 0 bridgehead atoms. The maximum atomic E-state index is 13.4. The van der Waals surface area contributed by atoms with E-state index in [0.717, 1.165) is 60.9 Å². The first-order valence-corrected chi connectivity index (χ1v) is 12.4. The third kappa shape index (κ3) is 5.59. The van der Waals surface area contributed by atoms with Crippen molar-refractivity contribution in [3.63, 3.8) is 0 Å². The number of amides is 2. The van der Waals surface area contributed by atoms with Crippen LogP contribution in [0, 0.1) is 6.92 Å². The van der Waals surface area contributed by atoms with Crippen LogP contribution in [0.3, 0.4) is 0 Å². The lowest BCUT2D eigenvalue weighted by Crippen LogP contribution is -2.50. The van der Waals surface area contributed by atoms with Crippen molar-refractivity contribution in [2.45, 2.75) is 39.2 Å². The Balaban J connectivity index is 1.43. The second-order valence-electron chi connectivity index (χ2n) is 9.39. The minimum Gasteiger partial charge on any atom is -0.493 e. The zero-order valence-corrected chi connectivity index (χ0v) is 21.2. The molecule has 0 unspecified atom stereocenters. The molecule has 0 saturated carbocycles. The lowest BCUT2D eigenvalue weighted by atomic mass is 9.89. The van der Waals surface area contributed by atoms with Gasteiger partial charge in [0.2, 0.25) is 5.91 Å². The lowest BCUT2D eigenvalue weighted by Gasteiger charge is -2.35. The van der Waals surface area contributed by atoms with Gasteiger partial charge in [0.1, 0.15) is 0 Å². The van der Waals surface area contributed by atoms with Crippen molar-refractivity contribution >= 4 is 11.8 Å². The van der Waals surface area contributed by atoms with E-state index in [9.17, 15) is 9.59 Å². The van der Waals surface area contributed by atoms with Gasteiger partial charge in [-0.3, -0.25) is 19.5 Å². The molecule has 2 aliphatic rings. The minimum atomic E-state index is 0.0271. The molecule has 2 fully saturated rings. The number of aryl methyl sites for hydroxylation is 1. The summed E-state index contributed by atoms with van der Waals surface area (Å²) < 4.78 is 11.1. The third-order valence-electron chi connectivity index (χ3n) is 7.16. The molecule has 8 nitrogen and oxygen atoms in total. The third-order valence-corrected chi connectivity index (χ3v) is 7.16.